The quantitative estimate of drug-likeness (QED) is 0.592. The molecule has 1 saturated carbocycles. The standard InChI is InChI=1S/C17H28S2/c1-6-13-7-9-14(10-8-13)17(5)18-12-11-15(19-17)16(2,3)4/h1,13-15H,7-12H2,2-5H3. The second kappa shape index (κ2) is 5.94. The third-order valence-corrected chi connectivity index (χ3v) is 8.83. The van der Waals surface area contributed by atoms with Crippen LogP contribution in [-0.2, 0) is 0 Å². The predicted octanol–water partition coefficient (Wildman–Crippen LogP) is 5.43. The number of thioether (sulfide) groups is 2. The minimum atomic E-state index is 0.426. The van der Waals surface area contributed by atoms with Crippen molar-refractivity contribution in [3.8, 4) is 12.3 Å². The molecule has 0 aromatic rings. The van der Waals surface area contributed by atoms with Gasteiger partial charge in [0.05, 0.1) is 4.08 Å². The van der Waals surface area contributed by atoms with Crippen molar-refractivity contribution in [2.24, 2.45) is 17.3 Å². The highest BCUT2D eigenvalue weighted by Gasteiger charge is 2.44. The van der Waals surface area contributed by atoms with E-state index in [4.69, 9.17) is 6.42 Å². The van der Waals surface area contributed by atoms with E-state index in [0.717, 1.165) is 11.2 Å². The van der Waals surface area contributed by atoms with Gasteiger partial charge in [-0.25, -0.2) is 0 Å². The van der Waals surface area contributed by atoms with E-state index in [2.05, 4.69) is 57.1 Å². The fourth-order valence-electron chi connectivity index (χ4n) is 3.35. The van der Waals surface area contributed by atoms with Crippen molar-refractivity contribution >= 4 is 23.5 Å². The Labute approximate surface area is 128 Å². The molecule has 2 atom stereocenters. The number of hydrogen-bond donors (Lipinski definition) is 0. The van der Waals surface area contributed by atoms with Crippen LogP contribution in [0.3, 0.4) is 0 Å². The van der Waals surface area contributed by atoms with E-state index >= 15 is 0 Å². The number of terminal acetylenes is 1. The number of hydrogen-bond acceptors (Lipinski definition) is 2. The van der Waals surface area contributed by atoms with E-state index in [0.29, 0.717) is 15.4 Å². The summed E-state index contributed by atoms with van der Waals surface area (Å²) in [7, 11) is 0. The van der Waals surface area contributed by atoms with Crippen molar-refractivity contribution in [2.45, 2.75) is 69.1 Å². The molecule has 108 valence electrons. The molecule has 1 heterocycles. The Morgan fingerprint density at radius 2 is 1.74 bits per heavy atom. The van der Waals surface area contributed by atoms with Gasteiger partial charge in [-0.3, -0.25) is 0 Å². The molecule has 2 fully saturated rings. The van der Waals surface area contributed by atoms with Crippen LogP contribution in [0.1, 0.15) is 59.8 Å². The summed E-state index contributed by atoms with van der Waals surface area (Å²) in [6, 6.07) is 0. The molecule has 2 heteroatoms. The lowest BCUT2D eigenvalue weighted by atomic mass is 9.81. The molecule has 1 saturated heterocycles. The molecular formula is C17H28S2. The fraction of sp³-hybridized carbons (Fsp3) is 0.882. The Balaban J connectivity index is 2.00. The highest BCUT2D eigenvalue weighted by atomic mass is 32.2. The molecule has 0 bridgehead atoms. The lowest BCUT2D eigenvalue weighted by Crippen LogP contribution is -2.40. The zero-order chi connectivity index (χ0) is 14.1. The van der Waals surface area contributed by atoms with Crippen molar-refractivity contribution in [2.75, 3.05) is 5.75 Å². The lowest BCUT2D eigenvalue weighted by molar-refractivity contribution is 0.299. The molecule has 2 unspecified atom stereocenters. The summed E-state index contributed by atoms with van der Waals surface area (Å²) in [5.74, 6) is 5.70. The number of rotatable bonds is 1. The summed E-state index contributed by atoms with van der Waals surface area (Å²) in [6.07, 6.45) is 12.1. The van der Waals surface area contributed by atoms with E-state index in [1.165, 1.54) is 37.9 Å². The Morgan fingerprint density at radius 1 is 1.11 bits per heavy atom. The highest BCUT2D eigenvalue weighted by Crippen LogP contribution is 2.57. The smallest absolute Gasteiger partial charge is 0.0614 e. The van der Waals surface area contributed by atoms with Crippen LogP contribution < -0.4 is 0 Å². The first-order chi connectivity index (χ1) is 8.85. The molecule has 1 aliphatic heterocycles. The van der Waals surface area contributed by atoms with Crippen LogP contribution in [-0.4, -0.2) is 15.1 Å². The van der Waals surface area contributed by atoms with Gasteiger partial charge < -0.3 is 0 Å². The van der Waals surface area contributed by atoms with Gasteiger partial charge in [0.2, 0.25) is 0 Å². The van der Waals surface area contributed by atoms with Crippen LogP contribution in [0, 0.1) is 29.6 Å². The predicted molar refractivity (Wildman–Crippen MR) is 90.6 cm³/mol. The molecule has 0 spiro atoms. The largest absolute Gasteiger partial charge is 0.144 e. The van der Waals surface area contributed by atoms with Gasteiger partial charge in [-0.05, 0) is 56.1 Å². The van der Waals surface area contributed by atoms with Crippen LogP contribution in [0.25, 0.3) is 0 Å². The maximum atomic E-state index is 5.58. The monoisotopic (exact) mass is 296 g/mol. The second-order valence-corrected chi connectivity index (χ2v) is 10.8. The van der Waals surface area contributed by atoms with Crippen LogP contribution >= 0.6 is 23.5 Å². The summed E-state index contributed by atoms with van der Waals surface area (Å²) in [6.45, 7) is 9.70. The summed E-state index contributed by atoms with van der Waals surface area (Å²) >= 11 is 4.48. The Bertz CT molecular complexity index is 341. The van der Waals surface area contributed by atoms with Gasteiger partial charge in [-0.2, -0.15) is 0 Å². The zero-order valence-corrected chi connectivity index (χ0v) is 14.5. The molecule has 1 aliphatic carbocycles. The van der Waals surface area contributed by atoms with Crippen molar-refractivity contribution in [1.82, 2.24) is 0 Å². The summed E-state index contributed by atoms with van der Waals surface area (Å²) in [5.41, 5.74) is 0.433. The van der Waals surface area contributed by atoms with Gasteiger partial charge in [0.25, 0.3) is 0 Å². The fourth-order valence-corrected chi connectivity index (χ4v) is 7.18. The van der Waals surface area contributed by atoms with Gasteiger partial charge in [-0.15, -0.1) is 35.9 Å². The molecule has 2 aliphatic rings. The summed E-state index contributed by atoms with van der Waals surface area (Å²) < 4.78 is 0.426. The second-order valence-electron chi connectivity index (χ2n) is 7.34. The first kappa shape index (κ1) is 15.6. The third kappa shape index (κ3) is 3.67. The van der Waals surface area contributed by atoms with Crippen LogP contribution in [0.15, 0.2) is 0 Å². The van der Waals surface area contributed by atoms with Gasteiger partial charge >= 0.3 is 0 Å². The van der Waals surface area contributed by atoms with E-state index in [-0.39, 0.29) is 0 Å². The molecule has 0 aromatic heterocycles. The van der Waals surface area contributed by atoms with Crippen molar-refractivity contribution < 1.29 is 0 Å². The zero-order valence-electron chi connectivity index (χ0n) is 12.9. The normalized spacial score (nSPS) is 40.7. The minimum Gasteiger partial charge on any atom is -0.144 e. The molecule has 0 nitrogen and oxygen atoms in total. The molecular weight excluding hydrogens is 268 g/mol. The van der Waals surface area contributed by atoms with E-state index in [1.807, 2.05) is 0 Å². The van der Waals surface area contributed by atoms with E-state index in [9.17, 15) is 0 Å². The van der Waals surface area contributed by atoms with Crippen LogP contribution in [0.4, 0.5) is 0 Å². The van der Waals surface area contributed by atoms with E-state index < -0.39 is 0 Å². The van der Waals surface area contributed by atoms with Crippen molar-refractivity contribution in [3.63, 3.8) is 0 Å². The Morgan fingerprint density at radius 3 is 2.26 bits per heavy atom. The molecule has 0 aromatic carbocycles. The van der Waals surface area contributed by atoms with Gasteiger partial charge in [-0.1, -0.05) is 20.8 Å². The maximum absolute atomic E-state index is 5.58. The van der Waals surface area contributed by atoms with E-state index in [1.54, 1.807) is 0 Å². The van der Waals surface area contributed by atoms with Gasteiger partial charge in [0, 0.05) is 11.2 Å². The average Bonchev–Trinajstić information content (AvgIpc) is 2.38. The summed E-state index contributed by atoms with van der Waals surface area (Å²) in [5, 5.41) is 0.809. The Hall–Kier alpha value is 0.260. The first-order valence-corrected chi connectivity index (χ1v) is 9.49. The average molecular weight is 297 g/mol. The topological polar surface area (TPSA) is 0 Å². The molecule has 0 N–H and O–H groups in total. The molecule has 2 rings (SSSR count). The highest BCUT2D eigenvalue weighted by molar-refractivity contribution is 8.19. The van der Waals surface area contributed by atoms with Gasteiger partial charge in [0.1, 0.15) is 0 Å². The SMILES string of the molecule is C#CC1CCC(C2(C)SCCC(C(C)(C)C)S2)CC1. The third-order valence-electron chi connectivity index (χ3n) is 4.82. The van der Waals surface area contributed by atoms with Gasteiger partial charge in [0.15, 0.2) is 0 Å². The summed E-state index contributed by atoms with van der Waals surface area (Å²) in [4.78, 5) is 0. The molecule has 0 amide bonds. The minimum absolute atomic E-state index is 0.426. The molecule has 19 heavy (non-hydrogen) atoms. The maximum Gasteiger partial charge on any atom is 0.0614 e. The van der Waals surface area contributed by atoms with Crippen molar-refractivity contribution in [3.05, 3.63) is 0 Å². The lowest BCUT2D eigenvalue weighted by Gasteiger charge is -2.48. The Kier molecular flexibility index (Phi) is 4.89. The molecule has 0 radical (unpaired) electrons. The van der Waals surface area contributed by atoms with Crippen molar-refractivity contribution in [1.29, 1.82) is 0 Å². The first-order valence-electron chi connectivity index (χ1n) is 7.63. The van der Waals surface area contributed by atoms with Crippen LogP contribution in [0.5, 0.6) is 0 Å². The van der Waals surface area contributed by atoms with Crippen LogP contribution in [0.2, 0.25) is 0 Å².